The van der Waals surface area contributed by atoms with Crippen molar-refractivity contribution in [3.8, 4) is 0 Å². The molecule has 4 heterocycles. The van der Waals surface area contributed by atoms with Crippen LogP contribution in [0, 0.1) is 5.82 Å². The Morgan fingerprint density at radius 3 is 2.81 bits per heavy atom. The normalized spacial score (nSPS) is 15.5. The summed E-state index contributed by atoms with van der Waals surface area (Å²) < 4.78 is 15.2. The predicted octanol–water partition coefficient (Wildman–Crippen LogP) is 2.08. The van der Waals surface area contributed by atoms with Crippen LogP contribution in [0.2, 0.25) is 0 Å². The third kappa shape index (κ3) is 4.58. The van der Waals surface area contributed by atoms with Crippen molar-refractivity contribution in [1.29, 1.82) is 0 Å². The molecule has 1 saturated heterocycles. The van der Waals surface area contributed by atoms with E-state index in [0.29, 0.717) is 0 Å². The first-order chi connectivity index (χ1) is 15.0. The molecule has 0 spiro atoms. The summed E-state index contributed by atoms with van der Waals surface area (Å²) in [5, 5.41) is 9.60. The molecule has 1 atom stereocenters. The van der Waals surface area contributed by atoms with Crippen molar-refractivity contribution < 1.29 is 9.18 Å². The lowest BCUT2D eigenvalue weighted by atomic mass is 10.0. The molecular weight excluding hydrogens is 401 g/mol. The summed E-state index contributed by atoms with van der Waals surface area (Å²) in [6.07, 6.45) is 5.77. The minimum absolute atomic E-state index is 0.0552. The van der Waals surface area contributed by atoms with Gasteiger partial charge in [-0.15, -0.1) is 0 Å². The number of hydrogen-bond donors (Lipinski definition) is 2. The average molecular weight is 421 g/mol. The minimum Gasteiger partial charge on any atom is -0.364 e. The lowest BCUT2D eigenvalue weighted by Gasteiger charge is -2.26. The number of hydrogen-bond acceptors (Lipinski definition) is 6. The smallest absolute Gasteiger partial charge is 0.269 e. The highest BCUT2D eigenvalue weighted by atomic mass is 19.1. The van der Waals surface area contributed by atoms with Crippen molar-refractivity contribution in [1.82, 2.24) is 24.8 Å². The van der Waals surface area contributed by atoms with Crippen LogP contribution in [-0.2, 0) is 0 Å². The van der Waals surface area contributed by atoms with E-state index in [1.807, 2.05) is 24.4 Å². The minimum atomic E-state index is -0.656. The fourth-order valence-corrected chi connectivity index (χ4v) is 3.55. The molecule has 1 aliphatic heterocycles. The molecule has 0 aliphatic carbocycles. The topological polar surface area (TPSA) is 122 Å². The molecule has 1 fully saturated rings. The fraction of sp³-hybridized carbons (Fsp3) is 0.190. The number of anilines is 1. The van der Waals surface area contributed by atoms with Gasteiger partial charge in [0.1, 0.15) is 17.3 Å². The number of nitrogens with two attached hydrogens (primary N) is 1. The van der Waals surface area contributed by atoms with Gasteiger partial charge in [-0.25, -0.2) is 19.0 Å². The molecule has 1 unspecified atom stereocenters. The van der Waals surface area contributed by atoms with Gasteiger partial charge >= 0.3 is 0 Å². The molecule has 3 aromatic heterocycles. The number of nitrogens with zero attached hydrogens (tertiary/aromatic N) is 5. The maximum Gasteiger partial charge on any atom is 0.269 e. The Morgan fingerprint density at radius 1 is 1.19 bits per heavy atom. The highest BCUT2D eigenvalue weighted by molar-refractivity contribution is 5.90. The molecule has 1 aliphatic rings. The Morgan fingerprint density at radius 2 is 2.06 bits per heavy atom. The van der Waals surface area contributed by atoms with Gasteiger partial charge in [0, 0.05) is 24.9 Å². The SMILES string of the molecule is Fc1cccc(C2CCCN2c2ccn3nccc3n2)c1.NC(=O)c1ccc(=O)[nH]n1. The molecule has 0 radical (unpaired) electrons. The molecule has 31 heavy (non-hydrogen) atoms. The first-order valence-electron chi connectivity index (χ1n) is 9.69. The van der Waals surface area contributed by atoms with Crippen LogP contribution in [0.5, 0.6) is 0 Å². The summed E-state index contributed by atoms with van der Waals surface area (Å²) >= 11 is 0. The second-order valence-corrected chi connectivity index (χ2v) is 7.00. The van der Waals surface area contributed by atoms with Crippen molar-refractivity contribution in [2.24, 2.45) is 5.73 Å². The van der Waals surface area contributed by atoms with Gasteiger partial charge in [0.2, 0.25) is 0 Å². The van der Waals surface area contributed by atoms with Crippen molar-refractivity contribution in [3.63, 3.8) is 0 Å². The van der Waals surface area contributed by atoms with E-state index in [1.54, 1.807) is 22.8 Å². The third-order valence-electron chi connectivity index (χ3n) is 4.96. The van der Waals surface area contributed by atoms with Gasteiger partial charge in [-0.3, -0.25) is 9.59 Å². The van der Waals surface area contributed by atoms with Gasteiger partial charge < -0.3 is 10.6 Å². The van der Waals surface area contributed by atoms with Gasteiger partial charge in [0.25, 0.3) is 11.5 Å². The number of benzene rings is 1. The maximum atomic E-state index is 13.5. The van der Waals surface area contributed by atoms with Gasteiger partial charge in [-0.2, -0.15) is 10.2 Å². The largest absolute Gasteiger partial charge is 0.364 e. The third-order valence-corrected chi connectivity index (χ3v) is 4.96. The lowest BCUT2D eigenvalue weighted by Crippen LogP contribution is -2.23. The second-order valence-electron chi connectivity index (χ2n) is 7.00. The summed E-state index contributed by atoms with van der Waals surface area (Å²) in [5.41, 5.74) is 6.39. The predicted molar refractivity (Wildman–Crippen MR) is 112 cm³/mol. The zero-order chi connectivity index (χ0) is 21.8. The Labute approximate surface area is 176 Å². The van der Waals surface area contributed by atoms with Crippen LogP contribution in [0.15, 0.2) is 65.7 Å². The van der Waals surface area contributed by atoms with Gasteiger partial charge in [-0.05, 0) is 42.7 Å². The first kappa shape index (κ1) is 20.2. The number of nitrogens with one attached hydrogen (secondary N) is 1. The Kier molecular flexibility index (Phi) is 5.69. The number of amides is 1. The lowest BCUT2D eigenvalue weighted by molar-refractivity contribution is 0.0994. The van der Waals surface area contributed by atoms with Crippen LogP contribution < -0.4 is 16.2 Å². The zero-order valence-corrected chi connectivity index (χ0v) is 16.5. The van der Waals surface area contributed by atoms with E-state index in [0.717, 1.165) is 36.4 Å². The van der Waals surface area contributed by atoms with E-state index in [1.165, 1.54) is 18.2 Å². The summed E-state index contributed by atoms with van der Waals surface area (Å²) in [6.45, 7) is 0.943. The fourth-order valence-electron chi connectivity index (χ4n) is 3.55. The Bertz CT molecular complexity index is 1250. The number of H-pyrrole nitrogens is 1. The molecule has 0 saturated carbocycles. The van der Waals surface area contributed by atoms with E-state index in [9.17, 15) is 14.0 Å². The summed E-state index contributed by atoms with van der Waals surface area (Å²) in [7, 11) is 0. The molecule has 158 valence electrons. The number of primary amides is 1. The quantitative estimate of drug-likeness (QED) is 0.522. The van der Waals surface area contributed by atoms with E-state index < -0.39 is 5.91 Å². The van der Waals surface area contributed by atoms with Gasteiger partial charge in [0.15, 0.2) is 5.65 Å². The second kappa shape index (κ2) is 8.74. The van der Waals surface area contributed by atoms with Crippen molar-refractivity contribution >= 4 is 17.4 Å². The monoisotopic (exact) mass is 421 g/mol. The molecule has 5 rings (SSSR count). The molecule has 1 aromatic carbocycles. The summed E-state index contributed by atoms with van der Waals surface area (Å²) in [6, 6.07) is 13.4. The maximum absolute atomic E-state index is 13.5. The van der Waals surface area contributed by atoms with Crippen LogP contribution >= 0.6 is 0 Å². The van der Waals surface area contributed by atoms with E-state index in [2.05, 4.69) is 25.2 Å². The first-order valence-corrected chi connectivity index (χ1v) is 9.69. The van der Waals surface area contributed by atoms with Gasteiger partial charge in [-0.1, -0.05) is 12.1 Å². The van der Waals surface area contributed by atoms with E-state index in [-0.39, 0.29) is 23.1 Å². The number of aromatic amines is 1. The number of carbonyl (C=O) groups excluding carboxylic acids is 1. The van der Waals surface area contributed by atoms with Crippen molar-refractivity contribution in [3.05, 3.63) is 88.4 Å². The zero-order valence-electron chi connectivity index (χ0n) is 16.5. The molecule has 9 nitrogen and oxygen atoms in total. The molecule has 3 N–H and O–H groups in total. The Hall–Kier alpha value is -4.08. The molecular formula is C21H20FN7O2. The number of carbonyl (C=O) groups is 1. The highest BCUT2D eigenvalue weighted by Crippen LogP contribution is 2.35. The summed E-state index contributed by atoms with van der Waals surface area (Å²) in [5.74, 6) is 0.0876. The van der Waals surface area contributed by atoms with Crippen molar-refractivity contribution in [2.75, 3.05) is 11.4 Å². The van der Waals surface area contributed by atoms with Crippen LogP contribution in [0.25, 0.3) is 5.65 Å². The molecule has 1 amide bonds. The van der Waals surface area contributed by atoms with Crippen LogP contribution in [0.1, 0.15) is 34.9 Å². The van der Waals surface area contributed by atoms with Crippen molar-refractivity contribution in [2.45, 2.75) is 18.9 Å². The molecule has 0 bridgehead atoms. The summed E-state index contributed by atoms with van der Waals surface area (Å²) in [4.78, 5) is 27.6. The number of halogens is 1. The highest BCUT2D eigenvalue weighted by Gasteiger charge is 2.27. The van der Waals surface area contributed by atoms with Crippen LogP contribution in [0.3, 0.4) is 0 Å². The van der Waals surface area contributed by atoms with E-state index >= 15 is 0 Å². The average Bonchev–Trinajstić information content (AvgIpc) is 3.43. The number of rotatable bonds is 3. The molecule has 4 aromatic rings. The Balaban J connectivity index is 0.000000196. The molecule has 10 heteroatoms. The number of aromatic nitrogens is 5. The van der Waals surface area contributed by atoms with E-state index in [4.69, 9.17) is 5.73 Å². The van der Waals surface area contributed by atoms with Crippen LogP contribution in [0.4, 0.5) is 10.2 Å². The number of fused-ring (bicyclic) bond motifs is 1. The van der Waals surface area contributed by atoms with Crippen LogP contribution in [-0.4, -0.2) is 37.2 Å². The standard InChI is InChI=1S/C16H15FN4.C5H5N3O2/c17-13-4-1-3-12(11-13)14-5-2-9-20(14)15-7-10-21-16(19-15)6-8-18-21;6-5(10)3-1-2-4(9)8-7-3/h1,3-4,6-8,10-11,14H,2,5,9H2;1-2H,(H2,6,10)(H,8,9). The van der Waals surface area contributed by atoms with Gasteiger partial charge in [0.05, 0.1) is 12.2 Å².